The molecule has 2 aromatic carbocycles. The molecule has 0 fully saturated rings. The first-order chi connectivity index (χ1) is 13.6. The van der Waals surface area contributed by atoms with Crippen LogP contribution < -0.4 is 19.5 Å². The van der Waals surface area contributed by atoms with Crippen LogP contribution in [-0.2, 0) is 11.2 Å². The smallest absolute Gasteiger partial charge is 0.234 e. The van der Waals surface area contributed by atoms with Gasteiger partial charge < -0.3 is 19.5 Å². The second-order valence-corrected chi connectivity index (χ2v) is 6.59. The highest BCUT2D eigenvalue weighted by molar-refractivity contribution is 5.77. The van der Waals surface area contributed by atoms with Gasteiger partial charge in [-0.1, -0.05) is 18.2 Å². The summed E-state index contributed by atoms with van der Waals surface area (Å²) < 4.78 is 29.9. The Bertz CT molecular complexity index is 800. The van der Waals surface area contributed by atoms with Crippen LogP contribution in [0, 0.1) is 5.82 Å². The van der Waals surface area contributed by atoms with Crippen LogP contribution >= 0.6 is 0 Å². The molecule has 1 N–H and O–H groups in total. The van der Waals surface area contributed by atoms with Crippen LogP contribution in [0.5, 0.6) is 17.2 Å². The third kappa shape index (κ3) is 5.85. The van der Waals surface area contributed by atoms with Gasteiger partial charge in [0.1, 0.15) is 19.8 Å². The molecule has 28 heavy (non-hydrogen) atoms. The highest BCUT2D eigenvalue weighted by Crippen LogP contribution is 2.30. The van der Waals surface area contributed by atoms with E-state index in [2.05, 4.69) is 5.32 Å². The Hall–Kier alpha value is -2.80. The van der Waals surface area contributed by atoms with Crippen molar-refractivity contribution in [3.8, 4) is 17.2 Å². The number of ether oxygens (including phenoxy) is 3. The highest BCUT2D eigenvalue weighted by Gasteiger charge is 2.12. The number of carbonyl (C=O) groups excluding carboxylic acids is 1. The summed E-state index contributed by atoms with van der Waals surface area (Å²) in [6.45, 7) is 2.74. The van der Waals surface area contributed by atoms with E-state index in [-0.39, 0.29) is 24.0 Å². The number of fused-ring (bicyclic) bond motifs is 1. The number of hydrogen-bond donors (Lipinski definition) is 1. The average molecular weight is 388 g/mol. The zero-order valence-electron chi connectivity index (χ0n) is 15.9. The van der Waals surface area contributed by atoms with Crippen molar-refractivity contribution in [1.82, 2.24) is 10.2 Å². The van der Waals surface area contributed by atoms with Crippen molar-refractivity contribution in [3.05, 3.63) is 53.8 Å². The summed E-state index contributed by atoms with van der Waals surface area (Å²) in [5, 5.41) is 2.91. The van der Waals surface area contributed by atoms with Gasteiger partial charge in [-0.2, -0.15) is 0 Å². The van der Waals surface area contributed by atoms with Crippen LogP contribution in [0.3, 0.4) is 0 Å². The predicted molar refractivity (Wildman–Crippen MR) is 104 cm³/mol. The fraction of sp³-hybridized carbons (Fsp3) is 0.381. The third-order valence-corrected chi connectivity index (χ3v) is 4.32. The van der Waals surface area contributed by atoms with Crippen molar-refractivity contribution < 1.29 is 23.4 Å². The Morgan fingerprint density at radius 1 is 1.18 bits per heavy atom. The van der Waals surface area contributed by atoms with Gasteiger partial charge in [0.2, 0.25) is 5.91 Å². The second kappa shape index (κ2) is 9.94. The van der Waals surface area contributed by atoms with Crippen LogP contribution in [-0.4, -0.2) is 57.3 Å². The Morgan fingerprint density at radius 2 is 1.96 bits per heavy atom. The van der Waals surface area contributed by atoms with Gasteiger partial charge in [0.05, 0.1) is 6.54 Å². The molecule has 150 valence electrons. The molecular formula is C21H25FN2O4. The number of likely N-dealkylation sites (N-methyl/N-ethyl adjacent to an activating group) is 1. The van der Waals surface area contributed by atoms with Crippen LogP contribution in [0.1, 0.15) is 5.56 Å². The average Bonchev–Trinajstić information content (AvgIpc) is 2.69. The summed E-state index contributed by atoms with van der Waals surface area (Å²) in [5.74, 6) is 1.29. The minimum Gasteiger partial charge on any atom is -0.489 e. The van der Waals surface area contributed by atoms with Gasteiger partial charge in [-0.15, -0.1) is 0 Å². The lowest BCUT2D eigenvalue weighted by Crippen LogP contribution is -2.37. The molecule has 1 heterocycles. The summed E-state index contributed by atoms with van der Waals surface area (Å²) in [6, 6.07) is 12.1. The number of amides is 1. The molecule has 0 unspecified atom stereocenters. The number of hydrogen-bond acceptors (Lipinski definition) is 5. The Labute approximate surface area is 164 Å². The number of halogens is 1. The van der Waals surface area contributed by atoms with Crippen LogP contribution in [0.25, 0.3) is 0 Å². The van der Waals surface area contributed by atoms with Crippen molar-refractivity contribution in [2.45, 2.75) is 6.42 Å². The summed E-state index contributed by atoms with van der Waals surface area (Å²) in [7, 11) is 1.82. The first-order valence-electron chi connectivity index (χ1n) is 9.33. The molecule has 7 heteroatoms. The van der Waals surface area contributed by atoms with E-state index in [1.54, 1.807) is 18.2 Å². The fourth-order valence-corrected chi connectivity index (χ4v) is 2.84. The molecule has 0 aliphatic carbocycles. The SMILES string of the molecule is CN(CCOc1ccccc1F)CC(=O)NCCc1ccc2c(c1)OCCO2. The van der Waals surface area contributed by atoms with E-state index in [4.69, 9.17) is 14.2 Å². The largest absolute Gasteiger partial charge is 0.489 e. The number of rotatable bonds is 9. The normalized spacial score (nSPS) is 12.7. The van der Waals surface area contributed by atoms with E-state index in [1.807, 2.05) is 30.1 Å². The van der Waals surface area contributed by atoms with Crippen LogP contribution in [0.2, 0.25) is 0 Å². The van der Waals surface area contributed by atoms with Crippen molar-refractivity contribution in [1.29, 1.82) is 0 Å². The van der Waals surface area contributed by atoms with Gasteiger partial charge in [0.15, 0.2) is 23.1 Å². The van der Waals surface area contributed by atoms with E-state index in [1.165, 1.54) is 6.07 Å². The van der Waals surface area contributed by atoms with Crippen molar-refractivity contribution in [3.63, 3.8) is 0 Å². The topological polar surface area (TPSA) is 60.0 Å². The van der Waals surface area contributed by atoms with Crippen molar-refractivity contribution in [2.24, 2.45) is 0 Å². The lowest BCUT2D eigenvalue weighted by molar-refractivity contribution is -0.121. The third-order valence-electron chi connectivity index (χ3n) is 4.32. The maximum atomic E-state index is 13.5. The quantitative estimate of drug-likeness (QED) is 0.714. The van der Waals surface area contributed by atoms with Gasteiger partial charge in [-0.3, -0.25) is 9.69 Å². The molecule has 1 aliphatic rings. The molecule has 0 atom stereocenters. The zero-order chi connectivity index (χ0) is 19.8. The van der Waals surface area contributed by atoms with Crippen LogP contribution in [0.4, 0.5) is 4.39 Å². The zero-order valence-corrected chi connectivity index (χ0v) is 15.9. The fourth-order valence-electron chi connectivity index (χ4n) is 2.84. The Morgan fingerprint density at radius 3 is 2.79 bits per heavy atom. The molecule has 0 saturated carbocycles. The summed E-state index contributed by atoms with van der Waals surface area (Å²) in [5.41, 5.74) is 1.08. The second-order valence-electron chi connectivity index (χ2n) is 6.59. The Kier molecular flexibility index (Phi) is 7.08. The molecule has 6 nitrogen and oxygen atoms in total. The minimum absolute atomic E-state index is 0.0639. The van der Waals surface area contributed by atoms with Crippen LogP contribution in [0.15, 0.2) is 42.5 Å². The first-order valence-corrected chi connectivity index (χ1v) is 9.33. The predicted octanol–water partition coefficient (Wildman–Crippen LogP) is 2.27. The number of para-hydroxylation sites is 1. The molecule has 0 spiro atoms. The molecule has 0 aromatic heterocycles. The standard InChI is InChI=1S/C21H25FN2O4/c1-24(10-11-26-18-5-3-2-4-17(18)22)15-21(25)23-9-8-16-6-7-19-20(14-16)28-13-12-27-19/h2-7,14H,8-13,15H2,1H3,(H,23,25). The van der Waals surface area contributed by atoms with Gasteiger partial charge in [0.25, 0.3) is 0 Å². The van der Waals surface area contributed by atoms with E-state index >= 15 is 0 Å². The number of carbonyl (C=O) groups is 1. The van der Waals surface area contributed by atoms with Gasteiger partial charge in [-0.05, 0) is 43.3 Å². The van der Waals surface area contributed by atoms with Gasteiger partial charge in [0, 0.05) is 13.1 Å². The maximum Gasteiger partial charge on any atom is 0.234 e. The molecule has 1 amide bonds. The molecule has 1 aliphatic heterocycles. The molecule has 0 radical (unpaired) electrons. The number of benzene rings is 2. The maximum absolute atomic E-state index is 13.5. The summed E-state index contributed by atoms with van der Waals surface area (Å²) in [6.07, 6.45) is 0.711. The van der Waals surface area contributed by atoms with Gasteiger partial charge >= 0.3 is 0 Å². The summed E-state index contributed by atoms with van der Waals surface area (Å²) in [4.78, 5) is 13.9. The molecule has 3 rings (SSSR count). The van der Waals surface area contributed by atoms with E-state index in [0.717, 1.165) is 17.1 Å². The molecule has 0 saturated heterocycles. The lowest BCUT2D eigenvalue weighted by Gasteiger charge is -2.19. The summed E-state index contributed by atoms with van der Waals surface area (Å²) >= 11 is 0. The minimum atomic E-state index is -0.387. The monoisotopic (exact) mass is 388 g/mol. The molecular weight excluding hydrogens is 363 g/mol. The van der Waals surface area contributed by atoms with E-state index < -0.39 is 0 Å². The van der Waals surface area contributed by atoms with E-state index in [0.29, 0.717) is 39.3 Å². The Balaban J connectivity index is 1.33. The molecule has 2 aromatic rings. The lowest BCUT2D eigenvalue weighted by atomic mass is 10.1. The number of nitrogens with zero attached hydrogens (tertiary/aromatic N) is 1. The number of nitrogens with one attached hydrogen (secondary N) is 1. The molecule has 0 bridgehead atoms. The first kappa shape index (κ1) is 19.9. The van der Waals surface area contributed by atoms with Crippen molar-refractivity contribution >= 4 is 5.91 Å². The highest BCUT2D eigenvalue weighted by atomic mass is 19.1. The van der Waals surface area contributed by atoms with E-state index in [9.17, 15) is 9.18 Å². The van der Waals surface area contributed by atoms with Gasteiger partial charge in [-0.25, -0.2) is 4.39 Å². The van der Waals surface area contributed by atoms with Crippen molar-refractivity contribution in [2.75, 3.05) is 46.5 Å².